The summed E-state index contributed by atoms with van der Waals surface area (Å²) in [6.45, 7) is -1.38. The van der Waals surface area contributed by atoms with Crippen LogP contribution in [0.1, 0.15) is 5.56 Å². The van der Waals surface area contributed by atoms with Crippen molar-refractivity contribution in [2.45, 2.75) is 5.92 Å². The lowest BCUT2D eigenvalue weighted by atomic mass is 10.0. The molecule has 1 aliphatic rings. The van der Waals surface area contributed by atoms with Crippen molar-refractivity contribution in [2.24, 2.45) is 5.92 Å². The van der Waals surface area contributed by atoms with Gasteiger partial charge < -0.3 is 15.2 Å². The van der Waals surface area contributed by atoms with Crippen LogP contribution in [-0.4, -0.2) is 45.1 Å². The van der Waals surface area contributed by atoms with Gasteiger partial charge >= 0.3 is 5.69 Å². The minimum atomic E-state index is -3.46. The topological polar surface area (TPSA) is 168 Å². The van der Waals surface area contributed by atoms with E-state index in [9.17, 15) is 28.0 Å². The number of hydrogen-bond donors (Lipinski definition) is 4. The van der Waals surface area contributed by atoms with Crippen LogP contribution < -0.4 is 27.0 Å². The van der Waals surface area contributed by atoms with Gasteiger partial charge in [-0.2, -0.15) is 10.4 Å². The first-order valence-electron chi connectivity index (χ1n) is 9.54. The second-order valence-electron chi connectivity index (χ2n) is 7.33. The van der Waals surface area contributed by atoms with E-state index in [0.29, 0.717) is 5.56 Å². The molecule has 0 aliphatic carbocycles. The van der Waals surface area contributed by atoms with Gasteiger partial charge in [-0.25, -0.2) is 18.7 Å². The van der Waals surface area contributed by atoms with Gasteiger partial charge in [0.2, 0.25) is 5.91 Å². The molecule has 1 aromatic carbocycles. The number of aromatic nitrogens is 4. The molecule has 0 spiro atoms. The molecule has 2 aromatic heterocycles. The van der Waals surface area contributed by atoms with Crippen LogP contribution in [0.2, 0.25) is 0 Å². The van der Waals surface area contributed by atoms with Gasteiger partial charge in [0.15, 0.2) is 0 Å². The Bertz CT molecular complexity index is 1440. The summed E-state index contributed by atoms with van der Waals surface area (Å²) in [6.07, 6.45) is 1.08. The van der Waals surface area contributed by atoms with Crippen LogP contribution in [0.25, 0.3) is 11.3 Å². The Hall–Kier alpha value is -4.60. The van der Waals surface area contributed by atoms with Crippen molar-refractivity contribution in [3.05, 3.63) is 73.3 Å². The maximum absolute atomic E-state index is 14.7. The molecule has 1 amide bonds. The third-order valence-electron chi connectivity index (χ3n) is 5.13. The summed E-state index contributed by atoms with van der Waals surface area (Å²) in [5, 5.41) is 17.1. The molecule has 0 bridgehead atoms. The molecule has 1 saturated heterocycles. The molecule has 1 aliphatic heterocycles. The van der Waals surface area contributed by atoms with E-state index >= 15 is 0 Å². The van der Waals surface area contributed by atoms with E-state index in [2.05, 4.69) is 20.5 Å². The average molecular weight is 455 g/mol. The van der Waals surface area contributed by atoms with Crippen LogP contribution in [0.15, 0.2) is 50.9 Å². The first kappa shape index (κ1) is 21.6. The summed E-state index contributed by atoms with van der Waals surface area (Å²) in [7, 11) is 0. The van der Waals surface area contributed by atoms with Crippen LogP contribution in [0.4, 0.5) is 20.2 Å². The maximum Gasteiger partial charge on any atom is 0.325 e. The molecule has 3 aromatic rings. The number of nitrogens with one attached hydrogen (secondary N) is 4. The lowest BCUT2D eigenvalue weighted by Crippen LogP contribution is -2.36. The number of halogens is 2. The number of amides is 1. The number of benzene rings is 1. The molecule has 33 heavy (non-hydrogen) atoms. The SMILES string of the molecule is N#Cc1ccc(NC(=O)C2CN(c3cc(-c4c[nH]c(=O)[nH]c4=O)n[nH]c3=O)CC2(F)F)cc1. The molecule has 3 heterocycles. The molecule has 4 N–H and O–H groups in total. The van der Waals surface area contributed by atoms with Crippen molar-refractivity contribution >= 4 is 17.3 Å². The second-order valence-corrected chi connectivity index (χ2v) is 7.33. The standard InChI is InChI=1S/C20H15F2N7O4/c21-20(22)9-29(8-13(20)17(31)25-11-3-1-10(6-23)2-4-11)15-5-14(27-28-18(15)32)12-7-24-19(33)26-16(12)30/h1-5,7,13H,8-9H2,(H,25,31)(H,28,32)(H2,24,26,30,33). The summed E-state index contributed by atoms with van der Waals surface area (Å²) in [5.41, 5.74) is -2.08. The Labute approximate surface area is 182 Å². The van der Waals surface area contributed by atoms with E-state index in [1.54, 1.807) is 0 Å². The van der Waals surface area contributed by atoms with Crippen LogP contribution >= 0.6 is 0 Å². The quantitative estimate of drug-likeness (QED) is 0.441. The number of rotatable bonds is 4. The Morgan fingerprint density at radius 3 is 2.61 bits per heavy atom. The van der Waals surface area contributed by atoms with E-state index in [1.165, 1.54) is 24.3 Å². The highest BCUT2D eigenvalue weighted by Gasteiger charge is 2.52. The molecular formula is C20H15F2N7O4. The Balaban J connectivity index is 1.60. The van der Waals surface area contributed by atoms with Gasteiger partial charge in [0.05, 0.1) is 29.4 Å². The van der Waals surface area contributed by atoms with Gasteiger partial charge in [0.25, 0.3) is 17.0 Å². The van der Waals surface area contributed by atoms with Crippen molar-refractivity contribution in [3.8, 4) is 17.3 Å². The summed E-state index contributed by atoms with van der Waals surface area (Å²) in [4.78, 5) is 53.4. The molecule has 1 unspecified atom stereocenters. The average Bonchev–Trinajstić information content (AvgIpc) is 3.10. The molecule has 1 atom stereocenters. The lowest BCUT2D eigenvalue weighted by Gasteiger charge is -2.17. The monoisotopic (exact) mass is 455 g/mol. The highest BCUT2D eigenvalue weighted by Crippen LogP contribution is 2.36. The van der Waals surface area contributed by atoms with Gasteiger partial charge in [-0.3, -0.25) is 19.4 Å². The Morgan fingerprint density at radius 1 is 1.21 bits per heavy atom. The van der Waals surface area contributed by atoms with Crippen LogP contribution in [0, 0.1) is 17.2 Å². The van der Waals surface area contributed by atoms with E-state index in [-0.39, 0.29) is 22.6 Å². The largest absolute Gasteiger partial charge is 0.360 e. The Morgan fingerprint density at radius 2 is 1.94 bits per heavy atom. The minimum Gasteiger partial charge on any atom is -0.360 e. The molecule has 0 saturated carbocycles. The molecule has 4 rings (SSSR count). The van der Waals surface area contributed by atoms with Gasteiger partial charge in [-0.15, -0.1) is 0 Å². The first-order valence-corrected chi connectivity index (χ1v) is 9.54. The lowest BCUT2D eigenvalue weighted by molar-refractivity contribution is -0.128. The predicted octanol–water partition coefficient (Wildman–Crippen LogP) is 0.395. The third-order valence-corrected chi connectivity index (χ3v) is 5.13. The summed E-state index contributed by atoms with van der Waals surface area (Å²) < 4.78 is 29.4. The summed E-state index contributed by atoms with van der Waals surface area (Å²) in [5.74, 6) is -6.17. The molecule has 168 valence electrons. The van der Waals surface area contributed by atoms with E-state index in [1.807, 2.05) is 11.1 Å². The van der Waals surface area contributed by atoms with Crippen molar-refractivity contribution in [1.29, 1.82) is 5.26 Å². The zero-order valence-electron chi connectivity index (χ0n) is 16.7. The van der Waals surface area contributed by atoms with Gasteiger partial charge in [-0.05, 0) is 30.3 Å². The zero-order chi connectivity index (χ0) is 23.8. The highest BCUT2D eigenvalue weighted by atomic mass is 19.3. The molecular weight excluding hydrogens is 440 g/mol. The fraction of sp³-hybridized carbons (Fsp3) is 0.200. The number of hydrogen-bond acceptors (Lipinski definition) is 7. The Kier molecular flexibility index (Phi) is 5.34. The van der Waals surface area contributed by atoms with Crippen LogP contribution in [-0.2, 0) is 4.79 Å². The van der Waals surface area contributed by atoms with E-state index in [0.717, 1.165) is 17.2 Å². The van der Waals surface area contributed by atoms with Crippen molar-refractivity contribution in [2.75, 3.05) is 23.3 Å². The number of nitrogens with zero attached hydrogens (tertiary/aromatic N) is 3. The number of carbonyl (C=O) groups is 1. The minimum absolute atomic E-state index is 0.0594. The normalized spacial score (nSPS) is 16.9. The van der Waals surface area contributed by atoms with Gasteiger partial charge in [0.1, 0.15) is 11.6 Å². The number of nitriles is 1. The van der Waals surface area contributed by atoms with E-state index in [4.69, 9.17) is 5.26 Å². The molecule has 1 fully saturated rings. The zero-order valence-corrected chi connectivity index (χ0v) is 16.7. The fourth-order valence-electron chi connectivity index (χ4n) is 3.47. The maximum atomic E-state index is 14.7. The van der Waals surface area contributed by atoms with Crippen LogP contribution in [0.5, 0.6) is 0 Å². The molecule has 13 heteroatoms. The fourth-order valence-corrected chi connectivity index (χ4v) is 3.47. The van der Waals surface area contributed by atoms with E-state index < -0.39 is 47.6 Å². The van der Waals surface area contributed by atoms with Crippen molar-refractivity contribution in [3.63, 3.8) is 0 Å². The smallest absolute Gasteiger partial charge is 0.325 e. The first-order chi connectivity index (χ1) is 15.7. The van der Waals surface area contributed by atoms with Gasteiger partial charge in [-0.1, -0.05) is 0 Å². The predicted molar refractivity (Wildman–Crippen MR) is 112 cm³/mol. The number of anilines is 2. The molecule has 0 radical (unpaired) electrons. The van der Waals surface area contributed by atoms with Crippen molar-refractivity contribution < 1.29 is 13.6 Å². The van der Waals surface area contributed by atoms with Gasteiger partial charge in [0, 0.05) is 18.4 Å². The number of H-pyrrole nitrogens is 3. The second kappa shape index (κ2) is 8.15. The number of alkyl halides is 2. The number of aromatic amines is 3. The summed E-state index contributed by atoms with van der Waals surface area (Å²) in [6, 6.07) is 8.76. The number of carbonyl (C=O) groups excluding carboxylic acids is 1. The third kappa shape index (κ3) is 4.26. The molecule has 11 nitrogen and oxygen atoms in total. The van der Waals surface area contributed by atoms with Crippen LogP contribution in [0.3, 0.4) is 0 Å². The highest BCUT2D eigenvalue weighted by molar-refractivity contribution is 5.94. The summed E-state index contributed by atoms with van der Waals surface area (Å²) >= 11 is 0. The van der Waals surface area contributed by atoms with Crippen molar-refractivity contribution in [1.82, 2.24) is 20.2 Å².